The zero-order valence-corrected chi connectivity index (χ0v) is 13.7. The van der Waals surface area contributed by atoms with E-state index in [0.717, 1.165) is 31.7 Å². The third-order valence-electron chi connectivity index (χ3n) is 4.81. The van der Waals surface area contributed by atoms with E-state index in [1.165, 1.54) is 25.7 Å². The summed E-state index contributed by atoms with van der Waals surface area (Å²) in [5, 5.41) is 13.7. The normalized spacial score (nSPS) is 22.6. The van der Waals surface area contributed by atoms with E-state index < -0.39 is 5.82 Å². The highest BCUT2D eigenvalue weighted by atomic mass is 79.9. The Morgan fingerprint density at radius 1 is 1.24 bits per heavy atom. The molecule has 1 aliphatic heterocycles. The SMILES string of the molecule is Oc1c([C@@H](C2CCCC2)N2CCNCC2)ccc(Br)c1F. The van der Waals surface area contributed by atoms with Gasteiger partial charge in [0, 0.05) is 37.8 Å². The van der Waals surface area contributed by atoms with Crippen molar-refractivity contribution >= 4 is 15.9 Å². The number of nitrogens with one attached hydrogen (secondary N) is 1. The summed E-state index contributed by atoms with van der Waals surface area (Å²) in [5.41, 5.74) is 0.754. The number of halogens is 2. The first-order valence-corrected chi connectivity index (χ1v) is 8.59. The van der Waals surface area contributed by atoms with Gasteiger partial charge in [0.1, 0.15) is 0 Å². The van der Waals surface area contributed by atoms with E-state index >= 15 is 0 Å². The second-order valence-electron chi connectivity index (χ2n) is 6.07. The Balaban J connectivity index is 1.96. The Bertz CT molecular complexity index is 499. The van der Waals surface area contributed by atoms with Gasteiger partial charge < -0.3 is 10.4 Å². The van der Waals surface area contributed by atoms with E-state index in [2.05, 4.69) is 26.1 Å². The Morgan fingerprint density at radius 3 is 2.57 bits per heavy atom. The summed E-state index contributed by atoms with van der Waals surface area (Å²) in [6.45, 7) is 3.84. The molecule has 0 spiro atoms. The second-order valence-corrected chi connectivity index (χ2v) is 6.93. The molecule has 2 fully saturated rings. The zero-order chi connectivity index (χ0) is 14.8. The van der Waals surface area contributed by atoms with Crippen molar-refractivity contribution in [3.8, 4) is 5.75 Å². The van der Waals surface area contributed by atoms with E-state index in [0.29, 0.717) is 10.4 Å². The molecule has 3 nitrogen and oxygen atoms in total. The molecule has 0 bridgehead atoms. The van der Waals surface area contributed by atoms with Gasteiger partial charge >= 0.3 is 0 Å². The monoisotopic (exact) mass is 356 g/mol. The van der Waals surface area contributed by atoms with Gasteiger partial charge in [-0.25, -0.2) is 4.39 Å². The third-order valence-corrected chi connectivity index (χ3v) is 5.42. The van der Waals surface area contributed by atoms with E-state index in [9.17, 15) is 9.50 Å². The molecule has 116 valence electrons. The lowest BCUT2D eigenvalue weighted by Gasteiger charge is -2.39. The fourth-order valence-electron chi connectivity index (χ4n) is 3.78. The van der Waals surface area contributed by atoms with Gasteiger partial charge in [0.05, 0.1) is 4.47 Å². The smallest absolute Gasteiger partial charge is 0.179 e. The van der Waals surface area contributed by atoms with Gasteiger partial charge in [0.2, 0.25) is 0 Å². The van der Waals surface area contributed by atoms with Crippen LogP contribution in [0.1, 0.15) is 37.3 Å². The van der Waals surface area contributed by atoms with E-state index in [4.69, 9.17) is 0 Å². The van der Waals surface area contributed by atoms with Crippen molar-refractivity contribution in [1.82, 2.24) is 10.2 Å². The first-order valence-electron chi connectivity index (χ1n) is 7.80. The number of phenolic OH excluding ortho intramolecular Hbond substituents is 1. The predicted octanol–water partition coefficient (Wildman–Crippen LogP) is 3.43. The molecule has 2 N–H and O–H groups in total. The van der Waals surface area contributed by atoms with Crippen molar-refractivity contribution in [2.75, 3.05) is 26.2 Å². The van der Waals surface area contributed by atoms with Crippen molar-refractivity contribution in [2.24, 2.45) is 5.92 Å². The summed E-state index contributed by atoms with van der Waals surface area (Å²) < 4.78 is 14.4. The molecule has 0 aromatic heterocycles. The molecule has 1 aromatic carbocycles. The number of aromatic hydroxyl groups is 1. The number of nitrogens with zero attached hydrogens (tertiary/aromatic N) is 1. The maximum absolute atomic E-state index is 14.1. The third kappa shape index (κ3) is 3.10. The quantitative estimate of drug-likeness (QED) is 0.870. The second kappa shape index (κ2) is 6.63. The van der Waals surface area contributed by atoms with Gasteiger partial charge in [0.25, 0.3) is 0 Å². The van der Waals surface area contributed by atoms with Gasteiger partial charge in [0.15, 0.2) is 11.6 Å². The lowest BCUT2D eigenvalue weighted by molar-refractivity contribution is 0.122. The molecule has 1 saturated carbocycles. The molecule has 1 aliphatic carbocycles. The molecule has 1 atom stereocenters. The fraction of sp³-hybridized carbons (Fsp3) is 0.625. The molecular weight excluding hydrogens is 335 g/mol. The Morgan fingerprint density at radius 2 is 1.90 bits per heavy atom. The highest BCUT2D eigenvalue weighted by molar-refractivity contribution is 9.10. The number of hydrogen-bond donors (Lipinski definition) is 2. The first kappa shape index (κ1) is 15.3. The molecule has 0 amide bonds. The van der Waals surface area contributed by atoms with Crippen molar-refractivity contribution in [3.05, 3.63) is 28.0 Å². The molecule has 21 heavy (non-hydrogen) atoms. The number of phenols is 1. The average Bonchev–Trinajstić information content (AvgIpc) is 3.03. The molecule has 1 saturated heterocycles. The molecule has 0 radical (unpaired) electrons. The Hall–Kier alpha value is -0.650. The van der Waals surface area contributed by atoms with Gasteiger partial charge in [-0.05, 0) is 40.8 Å². The number of benzene rings is 1. The van der Waals surface area contributed by atoms with Gasteiger partial charge in [-0.3, -0.25) is 4.90 Å². The summed E-state index contributed by atoms with van der Waals surface area (Å²) in [6, 6.07) is 3.74. The molecule has 2 aliphatic rings. The first-order chi connectivity index (χ1) is 10.2. The van der Waals surface area contributed by atoms with Crippen molar-refractivity contribution in [3.63, 3.8) is 0 Å². The average molecular weight is 357 g/mol. The molecule has 3 rings (SSSR count). The minimum absolute atomic E-state index is 0.136. The summed E-state index contributed by atoms with van der Waals surface area (Å²) in [5.74, 6) is -0.194. The van der Waals surface area contributed by atoms with Crippen LogP contribution in [-0.4, -0.2) is 36.2 Å². The van der Waals surface area contributed by atoms with Crippen LogP contribution in [0.5, 0.6) is 5.75 Å². The fourth-order valence-corrected chi connectivity index (χ4v) is 4.10. The van der Waals surface area contributed by atoms with Crippen LogP contribution in [0.15, 0.2) is 16.6 Å². The van der Waals surface area contributed by atoms with Gasteiger partial charge in [-0.15, -0.1) is 0 Å². The maximum Gasteiger partial charge on any atom is 0.179 e. The van der Waals surface area contributed by atoms with Crippen molar-refractivity contribution in [2.45, 2.75) is 31.7 Å². The summed E-state index contributed by atoms with van der Waals surface area (Å²) in [7, 11) is 0. The lowest BCUT2D eigenvalue weighted by Crippen LogP contribution is -2.46. The van der Waals surface area contributed by atoms with Crippen LogP contribution < -0.4 is 5.32 Å². The number of hydrogen-bond acceptors (Lipinski definition) is 3. The van der Waals surface area contributed by atoms with Crippen molar-refractivity contribution in [1.29, 1.82) is 0 Å². The van der Waals surface area contributed by atoms with E-state index in [1.807, 2.05) is 6.07 Å². The van der Waals surface area contributed by atoms with Crippen LogP contribution in [0.25, 0.3) is 0 Å². The Kier molecular flexibility index (Phi) is 4.82. The highest BCUT2D eigenvalue weighted by Gasteiger charge is 2.34. The zero-order valence-electron chi connectivity index (χ0n) is 12.1. The molecule has 1 heterocycles. The van der Waals surface area contributed by atoms with Crippen molar-refractivity contribution < 1.29 is 9.50 Å². The molecule has 0 unspecified atom stereocenters. The molecule has 5 heteroatoms. The number of rotatable bonds is 3. The minimum Gasteiger partial charge on any atom is -0.505 e. The standard InChI is InChI=1S/C16H22BrFN2O/c17-13-6-5-12(16(21)14(13)18)15(11-3-1-2-4-11)20-9-7-19-8-10-20/h5-6,11,15,19,21H,1-4,7-10H2/t15-/m1/s1. The van der Waals surface area contributed by atoms with Crippen LogP contribution in [0, 0.1) is 11.7 Å². The maximum atomic E-state index is 14.1. The summed E-state index contributed by atoms with van der Waals surface area (Å²) in [4.78, 5) is 2.41. The summed E-state index contributed by atoms with van der Waals surface area (Å²) >= 11 is 3.15. The highest BCUT2D eigenvalue weighted by Crippen LogP contribution is 2.44. The molecule has 1 aromatic rings. The minimum atomic E-state index is -0.536. The van der Waals surface area contributed by atoms with Crippen LogP contribution >= 0.6 is 15.9 Å². The Labute approximate surface area is 133 Å². The topological polar surface area (TPSA) is 35.5 Å². The number of piperazine rings is 1. The van der Waals surface area contributed by atoms with Crippen LogP contribution in [-0.2, 0) is 0 Å². The van der Waals surface area contributed by atoms with Gasteiger partial charge in [-0.2, -0.15) is 0 Å². The lowest BCUT2D eigenvalue weighted by atomic mass is 9.89. The van der Waals surface area contributed by atoms with E-state index in [1.54, 1.807) is 6.07 Å². The predicted molar refractivity (Wildman–Crippen MR) is 84.9 cm³/mol. The van der Waals surface area contributed by atoms with Gasteiger partial charge in [-0.1, -0.05) is 18.9 Å². The van der Waals surface area contributed by atoms with Crippen LogP contribution in [0.2, 0.25) is 0 Å². The van der Waals surface area contributed by atoms with Crippen LogP contribution in [0.4, 0.5) is 4.39 Å². The largest absolute Gasteiger partial charge is 0.505 e. The summed E-state index contributed by atoms with van der Waals surface area (Å²) in [6.07, 6.45) is 4.83. The van der Waals surface area contributed by atoms with Crippen LogP contribution in [0.3, 0.4) is 0 Å². The molecular formula is C16H22BrFN2O. The van der Waals surface area contributed by atoms with E-state index in [-0.39, 0.29) is 11.8 Å².